The highest BCUT2D eigenvalue weighted by Crippen LogP contribution is 2.39. The molecule has 118 valence electrons. The summed E-state index contributed by atoms with van der Waals surface area (Å²) in [4.78, 5) is 18.9. The Morgan fingerprint density at radius 2 is 2.23 bits per heavy atom. The van der Waals surface area contributed by atoms with Gasteiger partial charge in [-0.1, -0.05) is 6.92 Å². The predicted octanol–water partition coefficient (Wildman–Crippen LogP) is 2.36. The van der Waals surface area contributed by atoms with Gasteiger partial charge in [-0.3, -0.25) is 9.20 Å². The molecule has 3 rings (SSSR count). The van der Waals surface area contributed by atoms with Gasteiger partial charge in [-0.05, 0) is 38.3 Å². The number of likely N-dealkylation sites (N-methyl/N-ethyl adjacent to an activating group) is 1. The highest BCUT2D eigenvalue weighted by molar-refractivity contribution is 5.95. The summed E-state index contributed by atoms with van der Waals surface area (Å²) in [5.41, 5.74) is 2.65. The summed E-state index contributed by atoms with van der Waals surface area (Å²) in [6.45, 7) is 3.93. The number of aromatic nitrogens is 2. The Kier molecular flexibility index (Phi) is 3.91. The van der Waals surface area contributed by atoms with Gasteiger partial charge in [0, 0.05) is 18.7 Å². The molecule has 1 amide bonds. The molecule has 0 spiro atoms. The van der Waals surface area contributed by atoms with E-state index in [-0.39, 0.29) is 18.6 Å². The van der Waals surface area contributed by atoms with Crippen LogP contribution in [0, 0.1) is 6.92 Å². The van der Waals surface area contributed by atoms with E-state index >= 15 is 0 Å². The molecule has 1 fully saturated rings. The van der Waals surface area contributed by atoms with Gasteiger partial charge in [0.1, 0.15) is 5.82 Å². The maximum atomic E-state index is 12.8. The third-order valence-corrected chi connectivity index (χ3v) is 4.69. The first-order valence-electron chi connectivity index (χ1n) is 7.93. The highest BCUT2D eigenvalue weighted by Gasteiger charge is 2.29. The first-order chi connectivity index (χ1) is 10.6. The largest absolute Gasteiger partial charge is 0.394 e. The molecule has 1 unspecified atom stereocenters. The summed E-state index contributed by atoms with van der Waals surface area (Å²) in [6.07, 6.45) is 4.97. The molecule has 1 aliphatic rings. The van der Waals surface area contributed by atoms with Crippen LogP contribution in [-0.4, -0.2) is 45.0 Å². The summed E-state index contributed by atoms with van der Waals surface area (Å²) in [5.74, 6) is 1.56. The number of carbonyl (C=O) groups excluding carboxylic acids is 1. The van der Waals surface area contributed by atoms with Gasteiger partial charge in [-0.25, -0.2) is 4.98 Å². The number of hydrogen-bond donors (Lipinski definition) is 1. The fourth-order valence-corrected chi connectivity index (χ4v) is 3.01. The zero-order valence-electron chi connectivity index (χ0n) is 13.4. The summed E-state index contributed by atoms with van der Waals surface area (Å²) in [5, 5.41) is 9.42. The van der Waals surface area contributed by atoms with Crippen molar-refractivity contribution in [2.24, 2.45) is 0 Å². The van der Waals surface area contributed by atoms with Gasteiger partial charge in [0.2, 0.25) is 0 Å². The Morgan fingerprint density at radius 3 is 2.82 bits per heavy atom. The minimum Gasteiger partial charge on any atom is -0.394 e. The molecule has 1 atom stereocenters. The molecule has 2 heterocycles. The van der Waals surface area contributed by atoms with Gasteiger partial charge in [-0.15, -0.1) is 0 Å². The van der Waals surface area contributed by atoms with Crippen LogP contribution in [-0.2, 0) is 0 Å². The van der Waals surface area contributed by atoms with Crippen molar-refractivity contribution < 1.29 is 9.90 Å². The molecule has 5 heteroatoms. The van der Waals surface area contributed by atoms with Crippen LogP contribution in [0.4, 0.5) is 0 Å². The molecular weight excluding hydrogens is 278 g/mol. The fraction of sp³-hybridized carbons (Fsp3) is 0.529. The third kappa shape index (κ3) is 2.39. The van der Waals surface area contributed by atoms with Gasteiger partial charge < -0.3 is 10.0 Å². The second kappa shape index (κ2) is 5.72. The van der Waals surface area contributed by atoms with E-state index in [1.54, 1.807) is 11.9 Å². The van der Waals surface area contributed by atoms with Gasteiger partial charge >= 0.3 is 0 Å². The van der Waals surface area contributed by atoms with E-state index in [1.165, 1.54) is 12.8 Å². The lowest BCUT2D eigenvalue weighted by Crippen LogP contribution is -2.39. The Balaban J connectivity index is 2.02. The molecule has 2 aromatic heterocycles. The van der Waals surface area contributed by atoms with Crippen molar-refractivity contribution in [3.63, 3.8) is 0 Å². The maximum Gasteiger partial charge on any atom is 0.255 e. The Bertz CT molecular complexity index is 699. The van der Waals surface area contributed by atoms with Crippen molar-refractivity contribution in [3.8, 4) is 0 Å². The number of amides is 1. The number of rotatable bonds is 5. The quantitative estimate of drug-likeness (QED) is 0.922. The van der Waals surface area contributed by atoms with E-state index in [4.69, 9.17) is 0 Å². The van der Waals surface area contributed by atoms with Crippen LogP contribution in [0.15, 0.2) is 18.3 Å². The minimum absolute atomic E-state index is 0.0154. The van der Waals surface area contributed by atoms with Gasteiger partial charge in [0.05, 0.1) is 29.9 Å². The summed E-state index contributed by atoms with van der Waals surface area (Å²) in [7, 11) is 1.76. The first kappa shape index (κ1) is 15.0. The zero-order valence-corrected chi connectivity index (χ0v) is 13.4. The summed E-state index contributed by atoms with van der Waals surface area (Å²) >= 11 is 0. The first-order valence-corrected chi connectivity index (χ1v) is 7.93. The lowest BCUT2D eigenvalue weighted by Gasteiger charge is -2.26. The van der Waals surface area contributed by atoms with E-state index < -0.39 is 0 Å². The Labute approximate surface area is 130 Å². The number of hydrogen-bond acceptors (Lipinski definition) is 3. The Hall–Kier alpha value is -1.88. The number of aryl methyl sites for hydroxylation is 1. The van der Waals surface area contributed by atoms with E-state index in [0.717, 1.165) is 23.5 Å². The molecular formula is C17H23N3O2. The topological polar surface area (TPSA) is 57.8 Å². The molecule has 22 heavy (non-hydrogen) atoms. The molecule has 0 aliphatic heterocycles. The van der Waals surface area contributed by atoms with Crippen molar-refractivity contribution >= 4 is 11.4 Å². The smallest absolute Gasteiger partial charge is 0.255 e. The monoisotopic (exact) mass is 301 g/mol. The zero-order chi connectivity index (χ0) is 15.9. The lowest BCUT2D eigenvalue weighted by atomic mass is 10.1. The number of aliphatic hydroxyl groups is 1. The van der Waals surface area contributed by atoms with Crippen LogP contribution in [0.3, 0.4) is 0 Å². The SMILES string of the molecule is CCC(CO)N(C)C(=O)c1ccc2cnc(C3CC3)n2c1C. The molecule has 1 aliphatic carbocycles. The average molecular weight is 301 g/mol. The van der Waals surface area contributed by atoms with E-state index in [2.05, 4.69) is 9.38 Å². The third-order valence-electron chi connectivity index (χ3n) is 4.69. The summed E-state index contributed by atoms with van der Waals surface area (Å²) < 4.78 is 2.11. The van der Waals surface area contributed by atoms with Crippen LogP contribution in [0.25, 0.3) is 5.52 Å². The second-order valence-electron chi connectivity index (χ2n) is 6.14. The molecule has 0 aromatic carbocycles. The fourth-order valence-electron chi connectivity index (χ4n) is 3.01. The van der Waals surface area contributed by atoms with Crippen molar-refractivity contribution in [2.45, 2.75) is 45.1 Å². The van der Waals surface area contributed by atoms with Crippen molar-refractivity contribution in [1.82, 2.24) is 14.3 Å². The highest BCUT2D eigenvalue weighted by atomic mass is 16.3. The van der Waals surface area contributed by atoms with Crippen molar-refractivity contribution in [2.75, 3.05) is 13.7 Å². The molecule has 1 N–H and O–H groups in total. The van der Waals surface area contributed by atoms with E-state index in [0.29, 0.717) is 11.5 Å². The second-order valence-corrected chi connectivity index (χ2v) is 6.14. The Morgan fingerprint density at radius 1 is 1.50 bits per heavy atom. The standard InChI is InChI=1S/C17H23N3O2/c1-4-13(10-21)19(3)17(22)15-8-7-14-9-18-16(12-5-6-12)20(14)11(15)2/h7-9,12-13,21H,4-6,10H2,1-3H3. The maximum absolute atomic E-state index is 12.8. The number of pyridine rings is 1. The predicted molar refractivity (Wildman–Crippen MR) is 85.2 cm³/mol. The molecule has 0 saturated heterocycles. The average Bonchev–Trinajstić information content (AvgIpc) is 3.27. The number of fused-ring (bicyclic) bond motifs is 1. The van der Waals surface area contributed by atoms with Crippen LogP contribution < -0.4 is 0 Å². The van der Waals surface area contributed by atoms with Crippen LogP contribution in [0.5, 0.6) is 0 Å². The normalized spacial score (nSPS) is 16.0. The van der Waals surface area contributed by atoms with E-state index in [9.17, 15) is 9.90 Å². The molecule has 0 bridgehead atoms. The van der Waals surface area contributed by atoms with Crippen LogP contribution in [0.2, 0.25) is 0 Å². The molecule has 1 saturated carbocycles. The van der Waals surface area contributed by atoms with Crippen LogP contribution >= 0.6 is 0 Å². The number of imidazole rings is 1. The van der Waals surface area contributed by atoms with Gasteiger partial charge in [0.25, 0.3) is 5.91 Å². The number of aliphatic hydroxyl groups excluding tert-OH is 1. The van der Waals surface area contributed by atoms with Crippen molar-refractivity contribution in [3.05, 3.63) is 35.4 Å². The van der Waals surface area contributed by atoms with Gasteiger partial charge in [0.15, 0.2) is 0 Å². The van der Waals surface area contributed by atoms with Crippen molar-refractivity contribution in [1.29, 1.82) is 0 Å². The lowest BCUT2D eigenvalue weighted by molar-refractivity contribution is 0.0653. The number of nitrogens with zero attached hydrogens (tertiary/aromatic N) is 3. The van der Waals surface area contributed by atoms with Gasteiger partial charge in [-0.2, -0.15) is 0 Å². The van der Waals surface area contributed by atoms with E-state index in [1.807, 2.05) is 32.2 Å². The summed E-state index contributed by atoms with van der Waals surface area (Å²) in [6, 6.07) is 3.67. The minimum atomic E-state index is -0.145. The number of carbonyl (C=O) groups is 1. The molecule has 5 nitrogen and oxygen atoms in total. The van der Waals surface area contributed by atoms with Crippen LogP contribution in [0.1, 0.15) is 54.0 Å². The molecule has 2 aromatic rings. The molecule has 0 radical (unpaired) electrons.